The van der Waals surface area contributed by atoms with Crippen LogP contribution in [0, 0.1) is 5.92 Å². The molecule has 2 N–H and O–H groups in total. The zero-order valence-electron chi connectivity index (χ0n) is 14.0. The summed E-state index contributed by atoms with van der Waals surface area (Å²) in [5.74, 6) is 2.69. The lowest BCUT2D eigenvalue weighted by Gasteiger charge is -2.27. The van der Waals surface area contributed by atoms with Crippen LogP contribution in [-0.2, 0) is 11.2 Å². The number of rotatable bonds is 7. The zero-order chi connectivity index (χ0) is 16.1. The number of hydrogen-bond acceptors (Lipinski definition) is 5. The molecule has 1 saturated heterocycles. The summed E-state index contributed by atoms with van der Waals surface area (Å²) < 4.78 is 10.8. The average molecular weight is 388 g/mol. The van der Waals surface area contributed by atoms with Crippen LogP contribution in [0.1, 0.15) is 12.3 Å². The third-order valence-electron chi connectivity index (χ3n) is 3.95. The molecule has 0 bridgehead atoms. The summed E-state index contributed by atoms with van der Waals surface area (Å²) in [5.41, 5.74) is 0.937. The number of amides is 1. The number of benzene rings is 1. The van der Waals surface area contributed by atoms with Crippen LogP contribution in [-0.4, -0.2) is 37.6 Å². The second-order valence-electron chi connectivity index (χ2n) is 5.68. The number of methoxy groups -OCH3 is 1. The van der Waals surface area contributed by atoms with Crippen molar-refractivity contribution in [1.82, 2.24) is 15.6 Å². The van der Waals surface area contributed by atoms with Crippen molar-refractivity contribution in [3.05, 3.63) is 36.4 Å². The molecule has 1 aromatic carbocycles. The van der Waals surface area contributed by atoms with Crippen LogP contribution in [0.15, 0.2) is 34.9 Å². The van der Waals surface area contributed by atoms with Crippen LogP contribution in [0.4, 0.5) is 0 Å². The lowest BCUT2D eigenvalue weighted by molar-refractivity contribution is -0.121. The number of aryl methyl sites for hydroxylation is 1. The van der Waals surface area contributed by atoms with E-state index in [0.29, 0.717) is 30.4 Å². The van der Waals surface area contributed by atoms with Crippen molar-refractivity contribution in [2.45, 2.75) is 12.8 Å². The van der Waals surface area contributed by atoms with Crippen LogP contribution < -0.4 is 15.4 Å². The Morgan fingerprint density at radius 1 is 1.32 bits per heavy atom. The van der Waals surface area contributed by atoms with E-state index in [1.54, 1.807) is 13.3 Å². The summed E-state index contributed by atoms with van der Waals surface area (Å²) >= 11 is 0. The molecule has 2 aromatic rings. The van der Waals surface area contributed by atoms with Gasteiger partial charge in [0.15, 0.2) is 11.7 Å². The predicted molar refractivity (Wildman–Crippen MR) is 101 cm³/mol. The minimum atomic E-state index is 0. The molecular weight excluding hydrogens is 365 g/mol. The van der Waals surface area contributed by atoms with Gasteiger partial charge in [-0.1, -0.05) is 0 Å². The average Bonchev–Trinajstić information content (AvgIpc) is 3.00. The molecule has 0 aliphatic carbocycles. The lowest BCUT2D eigenvalue weighted by atomic mass is 10.0. The zero-order valence-corrected chi connectivity index (χ0v) is 15.6. The van der Waals surface area contributed by atoms with Gasteiger partial charge in [0.05, 0.1) is 13.3 Å². The van der Waals surface area contributed by atoms with E-state index in [4.69, 9.17) is 9.15 Å². The van der Waals surface area contributed by atoms with Gasteiger partial charge < -0.3 is 19.8 Å². The maximum Gasteiger partial charge on any atom is 0.220 e. The van der Waals surface area contributed by atoms with Crippen molar-refractivity contribution in [3.63, 3.8) is 0 Å². The standard InChI is InChI=1S/C17H21N3O3.2ClH/c1-22-14-4-2-13(3-5-14)15-11-20-17(23-15)7-6-16(21)19-10-12-8-18-9-12;;/h2-5,11-12,18H,6-10H2,1H3,(H,19,21);2*1H. The summed E-state index contributed by atoms with van der Waals surface area (Å²) in [4.78, 5) is 16.0. The first-order valence-electron chi connectivity index (χ1n) is 7.81. The molecule has 1 aliphatic rings. The first-order valence-corrected chi connectivity index (χ1v) is 7.81. The van der Waals surface area contributed by atoms with Crippen molar-refractivity contribution in [3.8, 4) is 17.1 Å². The summed E-state index contributed by atoms with van der Waals surface area (Å²) in [6.07, 6.45) is 2.59. The Morgan fingerprint density at radius 3 is 2.64 bits per heavy atom. The van der Waals surface area contributed by atoms with Crippen molar-refractivity contribution < 1.29 is 13.9 Å². The van der Waals surface area contributed by atoms with Crippen molar-refractivity contribution in [1.29, 1.82) is 0 Å². The monoisotopic (exact) mass is 387 g/mol. The van der Waals surface area contributed by atoms with E-state index >= 15 is 0 Å². The number of nitrogens with one attached hydrogen (secondary N) is 2. The van der Waals surface area contributed by atoms with Gasteiger partial charge >= 0.3 is 0 Å². The van der Waals surface area contributed by atoms with Crippen LogP contribution >= 0.6 is 24.8 Å². The number of aromatic nitrogens is 1. The number of carbonyl (C=O) groups is 1. The molecule has 0 spiro atoms. The van der Waals surface area contributed by atoms with E-state index < -0.39 is 0 Å². The van der Waals surface area contributed by atoms with E-state index in [9.17, 15) is 4.79 Å². The Kier molecular flexibility index (Phi) is 8.75. The fourth-order valence-electron chi connectivity index (χ4n) is 2.37. The third kappa shape index (κ3) is 5.92. The molecule has 0 atom stereocenters. The smallest absolute Gasteiger partial charge is 0.220 e. The molecule has 1 fully saturated rings. The van der Waals surface area contributed by atoms with Gasteiger partial charge in [-0.3, -0.25) is 4.79 Å². The van der Waals surface area contributed by atoms with Crippen LogP contribution in [0.5, 0.6) is 5.75 Å². The highest BCUT2D eigenvalue weighted by Gasteiger charge is 2.17. The molecule has 8 heteroatoms. The van der Waals surface area contributed by atoms with Crippen LogP contribution in [0.3, 0.4) is 0 Å². The highest BCUT2D eigenvalue weighted by atomic mass is 35.5. The molecule has 138 valence electrons. The Labute approximate surface area is 159 Å². The number of carbonyl (C=O) groups excluding carboxylic acids is 1. The topological polar surface area (TPSA) is 76.4 Å². The maximum absolute atomic E-state index is 11.8. The van der Waals surface area contributed by atoms with E-state index in [2.05, 4.69) is 15.6 Å². The van der Waals surface area contributed by atoms with Gasteiger partial charge in [0, 0.05) is 44.0 Å². The number of oxazole rings is 1. The van der Waals surface area contributed by atoms with E-state index in [0.717, 1.165) is 30.9 Å². The van der Waals surface area contributed by atoms with Gasteiger partial charge in [-0.25, -0.2) is 4.98 Å². The second kappa shape index (κ2) is 10.3. The van der Waals surface area contributed by atoms with Gasteiger partial charge in [0.2, 0.25) is 5.91 Å². The van der Waals surface area contributed by atoms with Crippen molar-refractivity contribution in [2.75, 3.05) is 26.7 Å². The quantitative estimate of drug-likeness (QED) is 0.762. The van der Waals surface area contributed by atoms with E-state index in [1.807, 2.05) is 24.3 Å². The molecule has 2 heterocycles. The number of nitrogens with zero attached hydrogens (tertiary/aromatic N) is 1. The maximum atomic E-state index is 11.8. The Morgan fingerprint density at radius 2 is 2.04 bits per heavy atom. The predicted octanol–water partition coefficient (Wildman–Crippen LogP) is 2.46. The molecular formula is C17H23Cl2N3O3. The van der Waals surface area contributed by atoms with Gasteiger partial charge in [0.1, 0.15) is 5.75 Å². The molecule has 3 rings (SSSR count). The SMILES string of the molecule is COc1ccc(-c2cnc(CCC(=O)NCC3CNC3)o2)cc1.Cl.Cl. The normalized spacial score (nSPS) is 13.2. The first-order chi connectivity index (χ1) is 11.2. The molecule has 0 radical (unpaired) electrons. The van der Waals surface area contributed by atoms with E-state index in [1.165, 1.54) is 0 Å². The number of hydrogen-bond donors (Lipinski definition) is 2. The molecule has 0 saturated carbocycles. The van der Waals surface area contributed by atoms with Crippen molar-refractivity contribution >= 4 is 30.7 Å². The Balaban J connectivity index is 0.00000156. The largest absolute Gasteiger partial charge is 0.497 e. The minimum absolute atomic E-state index is 0. The number of halogens is 2. The molecule has 1 amide bonds. The van der Waals surface area contributed by atoms with E-state index in [-0.39, 0.29) is 30.7 Å². The van der Waals surface area contributed by atoms with Crippen LogP contribution in [0.2, 0.25) is 0 Å². The van der Waals surface area contributed by atoms with Crippen molar-refractivity contribution in [2.24, 2.45) is 5.92 Å². The first kappa shape index (κ1) is 21.3. The van der Waals surface area contributed by atoms with Gasteiger partial charge in [0.25, 0.3) is 0 Å². The second-order valence-corrected chi connectivity index (χ2v) is 5.68. The lowest BCUT2D eigenvalue weighted by Crippen LogP contribution is -2.48. The molecule has 1 aliphatic heterocycles. The van der Waals surface area contributed by atoms with Gasteiger partial charge in [-0.15, -0.1) is 24.8 Å². The summed E-state index contributed by atoms with van der Waals surface area (Å²) in [6, 6.07) is 7.59. The highest BCUT2D eigenvalue weighted by molar-refractivity contribution is 5.85. The fourth-order valence-corrected chi connectivity index (χ4v) is 2.37. The molecule has 6 nitrogen and oxygen atoms in total. The summed E-state index contributed by atoms with van der Waals surface area (Å²) in [5, 5.41) is 6.13. The minimum Gasteiger partial charge on any atom is -0.497 e. The van der Waals surface area contributed by atoms with Crippen LogP contribution in [0.25, 0.3) is 11.3 Å². The van der Waals surface area contributed by atoms with Gasteiger partial charge in [-0.2, -0.15) is 0 Å². The third-order valence-corrected chi connectivity index (χ3v) is 3.95. The van der Waals surface area contributed by atoms with Gasteiger partial charge in [-0.05, 0) is 24.3 Å². The molecule has 1 aromatic heterocycles. The summed E-state index contributed by atoms with van der Waals surface area (Å²) in [7, 11) is 1.63. The Bertz CT molecular complexity index is 657. The molecule has 0 unspecified atom stereocenters. The summed E-state index contributed by atoms with van der Waals surface area (Å²) in [6.45, 7) is 2.73. The Hall–Kier alpha value is -1.76. The fraction of sp³-hybridized carbons (Fsp3) is 0.412. The molecule has 25 heavy (non-hydrogen) atoms. The highest BCUT2D eigenvalue weighted by Crippen LogP contribution is 2.23. The number of ether oxygens (including phenoxy) is 1.